The molecule has 0 aromatic carbocycles. The molecule has 0 rings (SSSR count). The van der Waals surface area contributed by atoms with E-state index >= 15 is 0 Å². The highest BCUT2D eigenvalue weighted by molar-refractivity contribution is 5.80. The molecule has 1 unspecified atom stereocenters. The van der Waals surface area contributed by atoms with E-state index in [1.54, 1.807) is 12.2 Å². The normalized spacial score (nSPS) is 13.9. The van der Waals surface area contributed by atoms with Crippen molar-refractivity contribution >= 4 is 5.97 Å². The molecule has 0 fully saturated rings. The van der Waals surface area contributed by atoms with E-state index in [-0.39, 0.29) is 6.10 Å². The van der Waals surface area contributed by atoms with Gasteiger partial charge in [0.05, 0.1) is 6.10 Å². The van der Waals surface area contributed by atoms with E-state index in [4.69, 9.17) is 10.4 Å². The molecular weight excluding hydrogens is 328 g/mol. The summed E-state index contributed by atoms with van der Waals surface area (Å²) in [6.07, 6.45) is 27.6. The summed E-state index contributed by atoms with van der Waals surface area (Å²) in [7, 11) is 0. The van der Waals surface area contributed by atoms with E-state index in [1.165, 1.54) is 25.3 Å². The molecule has 0 aliphatic rings. The predicted molar refractivity (Wildman–Crippen MR) is 108 cm³/mol. The van der Waals surface area contributed by atoms with Gasteiger partial charge in [0, 0.05) is 6.08 Å². The zero-order chi connectivity index (χ0) is 19.3. The van der Waals surface area contributed by atoms with Crippen molar-refractivity contribution in [2.75, 3.05) is 0 Å². The molecule has 4 nitrogen and oxygen atoms in total. The van der Waals surface area contributed by atoms with Gasteiger partial charge in [0.25, 0.3) is 0 Å². The molecule has 0 aromatic rings. The van der Waals surface area contributed by atoms with Crippen LogP contribution in [0.2, 0.25) is 0 Å². The van der Waals surface area contributed by atoms with E-state index in [1.807, 2.05) is 30.4 Å². The van der Waals surface area contributed by atoms with E-state index < -0.39 is 5.97 Å². The fraction of sp³-hybridized carbons (Fsp3) is 0.500. The van der Waals surface area contributed by atoms with Crippen molar-refractivity contribution in [3.63, 3.8) is 0 Å². The van der Waals surface area contributed by atoms with Gasteiger partial charge in [-0.1, -0.05) is 93.7 Å². The smallest absolute Gasteiger partial charge is 0.328 e. The highest BCUT2D eigenvalue weighted by Crippen LogP contribution is 2.14. The van der Waals surface area contributed by atoms with Crippen LogP contribution in [0.25, 0.3) is 0 Å². The average Bonchev–Trinajstić information content (AvgIpc) is 2.63. The Morgan fingerprint density at radius 1 is 0.846 bits per heavy atom. The van der Waals surface area contributed by atoms with E-state index in [0.717, 1.165) is 44.6 Å². The van der Waals surface area contributed by atoms with Crippen LogP contribution in [-0.4, -0.2) is 22.4 Å². The lowest BCUT2D eigenvalue weighted by Gasteiger charge is -2.12. The quantitative estimate of drug-likeness (QED) is 0.112. The monoisotopic (exact) mass is 362 g/mol. The first kappa shape index (κ1) is 24.1. The van der Waals surface area contributed by atoms with Gasteiger partial charge in [0.2, 0.25) is 0 Å². The molecule has 0 saturated carbocycles. The molecule has 0 aromatic heterocycles. The molecule has 0 saturated heterocycles. The number of carboxylic acid groups (broad SMARTS) is 1. The van der Waals surface area contributed by atoms with Crippen LogP contribution in [0.3, 0.4) is 0 Å². The Hall–Kier alpha value is -1.91. The number of unbranched alkanes of at least 4 members (excludes halogenated alkanes) is 5. The maximum absolute atomic E-state index is 10.2. The molecule has 1 atom stereocenters. The third kappa shape index (κ3) is 18.4. The zero-order valence-electron chi connectivity index (χ0n) is 15.9. The van der Waals surface area contributed by atoms with Crippen LogP contribution >= 0.6 is 0 Å². The summed E-state index contributed by atoms with van der Waals surface area (Å²) in [6, 6.07) is 0. The molecule has 4 heteroatoms. The van der Waals surface area contributed by atoms with Crippen LogP contribution in [0.15, 0.2) is 60.8 Å². The van der Waals surface area contributed by atoms with Crippen LogP contribution in [0.1, 0.15) is 64.7 Å². The Kier molecular flexibility index (Phi) is 18.0. The van der Waals surface area contributed by atoms with Crippen LogP contribution < -0.4 is 0 Å². The predicted octanol–water partition coefficient (Wildman–Crippen LogP) is 6.24. The van der Waals surface area contributed by atoms with E-state index in [9.17, 15) is 4.79 Å². The molecule has 0 spiro atoms. The molecule has 146 valence electrons. The lowest BCUT2D eigenvalue weighted by molar-refractivity contribution is -0.281. The van der Waals surface area contributed by atoms with E-state index in [2.05, 4.69) is 17.9 Å². The van der Waals surface area contributed by atoms with Gasteiger partial charge >= 0.3 is 5.97 Å². The number of carbonyl (C=O) groups is 1. The third-order valence-electron chi connectivity index (χ3n) is 3.83. The molecule has 0 amide bonds. The number of allylic oxidation sites excluding steroid dienone is 9. The van der Waals surface area contributed by atoms with Crippen molar-refractivity contribution in [1.29, 1.82) is 0 Å². The maximum Gasteiger partial charge on any atom is 0.328 e. The summed E-state index contributed by atoms with van der Waals surface area (Å²) < 4.78 is 0. The van der Waals surface area contributed by atoms with Gasteiger partial charge in [-0.25, -0.2) is 9.68 Å². The molecule has 0 heterocycles. The highest BCUT2D eigenvalue weighted by Gasteiger charge is 2.07. The Morgan fingerprint density at radius 3 is 2.00 bits per heavy atom. The first-order valence-corrected chi connectivity index (χ1v) is 9.57. The largest absolute Gasteiger partial charge is 0.478 e. The molecule has 0 aliphatic heterocycles. The summed E-state index contributed by atoms with van der Waals surface area (Å²) in [5, 5.41) is 17.3. The second-order valence-electron chi connectivity index (χ2n) is 6.14. The number of rotatable bonds is 16. The topological polar surface area (TPSA) is 66.8 Å². The van der Waals surface area contributed by atoms with Gasteiger partial charge in [-0.2, -0.15) is 0 Å². The Morgan fingerprint density at radius 2 is 1.42 bits per heavy atom. The molecule has 0 radical (unpaired) electrons. The van der Waals surface area contributed by atoms with Gasteiger partial charge in [-0.15, -0.1) is 0 Å². The summed E-state index contributed by atoms with van der Waals surface area (Å²) in [5.41, 5.74) is 0. The minimum Gasteiger partial charge on any atom is -0.478 e. The Labute approximate surface area is 158 Å². The first-order valence-electron chi connectivity index (χ1n) is 9.57. The highest BCUT2D eigenvalue weighted by atomic mass is 17.1. The summed E-state index contributed by atoms with van der Waals surface area (Å²) in [6.45, 7) is 2.19. The SMILES string of the molecule is CCCCCCC(CCCCC=CC=CC=CC=CC=CC(=O)O)OO. The lowest BCUT2D eigenvalue weighted by Crippen LogP contribution is -2.10. The standard InChI is InChI=1S/C22H34O4/c1-2-3-4-15-18-21(26-25)19-16-13-11-9-7-5-6-8-10-12-14-17-20-22(23)24/h5-10,12,14,17,20-21,25H,2-4,11,13,15-16,18-19H2,1H3,(H,23,24). The molecule has 2 N–H and O–H groups in total. The van der Waals surface area contributed by atoms with Gasteiger partial charge in [0.1, 0.15) is 0 Å². The van der Waals surface area contributed by atoms with Crippen molar-refractivity contribution in [1.82, 2.24) is 0 Å². The van der Waals surface area contributed by atoms with Crippen molar-refractivity contribution in [2.24, 2.45) is 0 Å². The number of hydrogen-bond donors (Lipinski definition) is 2. The summed E-state index contributed by atoms with van der Waals surface area (Å²) in [5.74, 6) is -0.949. The lowest BCUT2D eigenvalue weighted by atomic mass is 10.0. The molecule has 0 aliphatic carbocycles. The minimum atomic E-state index is -0.949. The van der Waals surface area contributed by atoms with Crippen LogP contribution in [0, 0.1) is 0 Å². The van der Waals surface area contributed by atoms with Crippen LogP contribution in [0.4, 0.5) is 0 Å². The van der Waals surface area contributed by atoms with Crippen molar-refractivity contribution in [3.8, 4) is 0 Å². The van der Waals surface area contributed by atoms with Crippen LogP contribution in [0.5, 0.6) is 0 Å². The first-order chi connectivity index (χ1) is 12.7. The second-order valence-corrected chi connectivity index (χ2v) is 6.14. The number of hydrogen-bond acceptors (Lipinski definition) is 3. The maximum atomic E-state index is 10.2. The third-order valence-corrected chi connectivity index (χ3v) is 3.83. The molecule has 26 heavy (non-hydrogen) atoms. The van der Waals surface area contributed by atoms with Crippen molar-refractivity contribution in [2.45, 2.75) is 70.8 Å². The average molecular weight is 363 g/mol. The minimum absolute atomic E-state index is 0.0146. The van der Waals surface area contributed by atoms with Crippen molar-refractivity contribution in [3.05, 3.63) is 60.8 Å². The fourth-order valence-electron chi connectivity index (χ4n) is 2.38. The number of carboxylic acids is 1. The Balaban J connectivity index is 3.69. The molecular formula is C22H34O4. The van der Waals surface area contributed by atoms with Gasteiger partial charge in [-0.05, 0) is 25.7 Å². The van der Waals surface area contributed by atoms with Crippen LogP contribution in [-0.2, 0) is 9.68 Å². The van der Waals surface area contributed by atoms with E-state index in [0.29, 0.717) is 0 Å². The zero-order valence-corrected chi connectivity index (χ0v) is 15.9. The Bertz CT molecular complexity index is 473. The summed E-state index contributed by atoms with van der Waals surface area (Å²) >= 11 is 0. The number of aliphatic carboxylic acids is 1. The van der Waals surface area contributed by atoms with Gasteiger partial charge < -0.3 is 5.11 Å². The molecule has 0 bridgehead atoms. The summed E-state index contributed by atoms with van der Waals surface area (Å²) in [4.78, 5) is 14.8. The van der Waals surface area contributed by atoms with Gasteiger partial charge in [-0.3, -0.25) is 5.26 Å². The van der Waals surface area contributed by atoms with Crippen molar-refractivity contribution < 1.29 is 20.0 Å². The second kappa shape index (κ2) is 19.4. The fourth-order valence-corrected chi connectivity index (χ4v) is 2.38. The van der Waals surface area contributed by atoms with Gasteiger partial charge in [0.15, 0.2) is 0 Å².